The molecule has 4 rings (SSSR count). The Morgan fingerprint density at radius 3 is 2.70 bits per heavy atom. The molecule has 1 fully saturated rings. The van der Waals surface area contributed by atoms with Crippen molar-refractivity contribution in [3.05, 3.63) is 66.5 Å². The van der Waals surface area contributed by atoms with Gasteiger partial charge in [-0.2, -0.15) is 0 Å². The van der Waals surface area contributed by atoms with E-state index in [0.29, 0.717) is 13.0 Å². The second-order valence-electron chi connectivity index (χ2n) is 9.87. The van der Waals surface area contributed by atoms with Gasteiger partial charge < -0.3 is 10.2 Å². The van der Waals surface area contributed by atoms with E-state index >= 15 is 0 Å². The number of hydrogen-bond donors (Lipinski definition) is 1. The highest BCUT2D eigenvalue weighted by atomic mass is 16.2. The van der Waals surface area contributed by atoms with Gasteiger partial charge in [0.25, 0.3) is 0 Å². The first-order valence-corrected chi connectivity index (χ1v) is 12.2. The van der Waals surface area contributed by atoms with Crippen molar-refractivity contribution in [1.29, 1.82) is 0 Å². The molecule has 2 atom stereocenters. The number of carbonyl (C=O) groups excluding carboxylic acids is 2. The maximum atomic E-state index is 13.6. The van der Waals surface area contributed by atoms with Crippen molar-refractivity contribution in [2.75, 3.05) is 13.1 Å². The van der Waals surface area contributed by atoms with E-state index in [9.17, 15) is 9.59 Å². The van der Waals surface area contributed by atoms with Crippen LogP contribution in [0.25, 0.3) is 11.1 Å². The van der Waals surface area contributed by atoms with Crippen LogP contribution in [0.15, 0.2) is 60.9 Å². The van der Waals surface area contributed by atoms with Gasteiger partial charge in [0.15, 0.2) is 0 Å². The number of piperidine rings is 1. The molecule has 5 nitrogen and oxygen atoms in total. The summed E-state index contributed by atoms with van der Waals surface area (Å²) in [7, 11) is 0. The van der Waals surface area contributed by atoms with Crippen LogP contribution < -0.4 is 5.32 Å². The third-order valence-electron chi connectivity index (χ3n) is 6.89. The van der Waals surface area contributed by atoms with E-state index in [1.54, 1.807) is 12.4 Å². The van der Waals surface area contributed by atoms with Gasteiger partial charge in [0.1, 0.15) is 0 Å². The van der Waals surface area contributed by atoms with E-state index in [2.05, 4.69) is 46.7 Å². The zero-order valence-electron chi connectivity index (χ0n) is 19.8. The minimum atomic E-state index is -0.612. The molecule has 1 N–H and O–H groups in total. The van der Waals surface area contributed by atoms with Crippen molar-refractivity contribution in [2.45, 2.75) is 58.4 Å². The second kappa shape index (κ2) is 10.3. The zero-order chi connectivity index (χ0) is 23.3. The molecular weight excluding hydrogens is 410 g/mol. The normalized spacial score (nSPS) is 22.9. The molecule has 174 valence electrons. The molecule has 2 aromatic rings. The molecule has 0 bridgehead atoms. The molecule has 1 aromatic carbocycles. The average Bonchev–Trinajstić information content (AvgIpc) is 2.84. The third-order valence-corrected chi connectivity index (χ3v) is 6.89. The highest BCUT2D eigenvalue weighted by Gasteiger charge is 2.44. The van der Waals surface area contributed by atoms with Crippen LogP contribution in [0.4, 0.5) is 0 Å². The quantitative estimate of drug-likeness (QED) is 0.651. The Morgan fingerprint density at radius 1 is 1.15 bits per heavy atom. The summed E-state index contributed by atoms with van der Waals surface area (Å²) in [4.78, 5) is 33.0. The number of amides is 2. The van der Waals surface area contributed by atoms with Crippen LogP contribution in [0.2, 0.25) is 0 Å². The van der Waals surface area contributed by atoms with Crippen molar-refractivity contribution < 1.29 is 9.59 Å². The van der Waals surface area contributed by atoms with Gasteiger partial charge in [0, 0.05) is 37.4 Å². The van der Waals surface area contributed by atoms with Crippen LogP contribution >= 0.6 is 0 Å². The first kappa shape index (κ1) is 23.2. The molecule has 2 aliphatic rings. The lowest BCUT2D eigenvalue weighted by atomic mass is 9.73. The predicted octanol–water partition coefficient (Wildman–Crippen LogP) is 4.78. The van der Waals surface area contributed by atoms with Gasteiger partial charge in [-0.25, -0.2) is 0 Å². The molecule has 0 unspecified atom stereocenters. The summed E-state index contributed by atoms with van der Waals surface area (Å²) < 4.78 is 0. The number of carbonyl (C=O) groups is 2. The molecule has 2 heterocycles. The highest BCUT2D eigenvalue weighted by molar-refractivity contribution is 5.86. The lowest BCUT2D eigenvalue weighted by Crippen LogP contribution is -2.56. The van der Waals surface area contributed by atoms with Gasteiger partial charge in [0.2, 0.25) is 11.8 Å². The van der Waals surface area contributed by atoms with Crippen molar-refractivity contribution in [2.24, 2.45) is 11.3 Å². The van der Waals surface area contributed by atoms with E-state index in [4.69, 9.17) is 0 Å². The first-order chi connectivity index (χ1) is 16.0. The Bertz CT molecular complexity index is 1000. The molecule has 0 radical (unpaired) electrons. The van der Waals surface area contributed by atoms with Crippen LogP contribution in [0.3, 0.4) is 0 Å². The smallest absolute Gasteiger partial charge is 0.228 e. The minimum absolute atomic E-state index is 0.0500. The summed E-state index contributed by atoms with van der Waals surface area (Å²) in [6, 6.07) is 12.5. The Morgan fingerprint density at radius 2 is 1.97 bits per heavy atom. The lowest BCUT2D eigenvalue weighted by molar-refractivity contribution is -0.144. The maximum absolute atomic E-state index is 13.6. The Hall–Kier alpha value is -2.95. The van der Waals surface area contributed by atoms with Gasteiger partial charge in [-0.05, 0) is 81.2 Å². The number of hydrogen-bond acceptors (Lipinski definition) is 3. The number of rotatable bonds is 6. The van der Waals surface area contributed by atoms with E-state index in [0.717, 1.165) is 55.3 Å². The van der Waals surface area contributed by atoms with Gasteiger partial charge in [0.05, 0.1) is 5.41 Å². The number of benzene rings is 1. The fraction of sp³-hybridized carbons (Fsp3) is 0.464. The van der Waals surface area contributed by atoms with Crippen LogP contribution in [-0.2, 0) is 16.0 Å². The molecule has 1 aromatic heterocycles. The van der Waals surface area contributed by atoms with Crippen LogP contribution in [0.5, 0.6) is 0 Å². The van der Waals surface area contributed by atoms with Gasteiger partial charge >= 0.3 is 0 Å². The summed E-state index contributed by atoms with van der Waals surface area (Å²) in [6.07, 6.45) is 12.8. The molecule has 33 heavy (non-hydrogen) atoms. The van der Waals surface area contributed by atoms with E-state index < -0.39 is 5.41 Å². The molecule has 2 amide bonds. The third kappa shape index (κ3) is 5.52. The second-order valence-corrected chi connectivity index (χ2v) is 9.87. The van der Waals surface area contributed by atoms with E-state index in [1.165, 1.54) is 0 Å². The zero-order valence-corrected chi connectivity index (χ0v) is 19.8. The van der Waals surface area contributed by atoms with E-state index in [1.807, 2.05) is 30.9 Å². The molecule has 1 aliphatic heterocycles. The van der Waals surface area contributed by atoms with Crippen molar-refractivity contribution in [3.8, 4) is 11.1 Å². The first-order valence-electron chi connectivity index (χ1n) is 12.2. The summed E-state index contributed by atoms with van der Waals surface area (Å²) in [5.74, 6) is 0.327. The Labute approximate surface area is 197 Å². The SMILES string of the molecule is CC(C)NC(=O)[C@@]1(Cc2cccc(-c3ccncc3)c2)CCCN(C(=O)[C@@H]2CC=CCC2)C1. The molecule has 5 heteroatoms. The van der Waals surface area contributed by atoms with E-state index in [-0.39, 0.29) is 23.8 Å². The monoisotopic (exact) mass is 445 g/mol. The number of aromatic nitrogens is 1. The van der Waals surface area contributed by atoms with Gasteiger partial charge in [-0.15, -0.1) is 0 Å². The fourth-order valence-electron chi connectivity index (χ4n) is 5.22. The topological polar surface area (TPSA) is 62.3 Å². The Balaban J connectivity index is 1.60. The highest BCUT2D eigenvalue weighted by Crippen LogP contribution is 2.36. The Kier molecular flexibility index (Phi) is 7.26. The van der Waals surface area contributed by atoms with Crippen LogP contribution in [0.1, 0.15) is 51.5 Å². The summed E-state index contributed by atoms with van der Waals surface area (Å²) in [6.45, 7) is 5.22. The number of nitrogens with one attached hydrogen (secondary N) is 1. The maximum Gasteiger partial charge on any atom is 0.228 e. The number of likely N-dealkylation sites (tertiary alicyclic amines) is 1. The molecular formula is C28H35N3O2. The molecule has 0 spiro atoms. The fourth-order valence-corrected chi connectivity index (χ4v) is 5.22. The number of allylic oxidation sites excluding steroid dienone is 2. The van der Waals surface area contributed by atoms with Crippen molar-refractivity contribution in [3.63, 3.8) is 0 Å². The lowest BCUT2D eigenvalue weighted by Gasteiger charge is -2.43. The van der Waals surface area contributed by atoms with Gasteiger partial charge in [-0.3, -0.25) is 14.6 Å². The largest absolute Gasteiger partial charge is 0.353 e. The van der Waals surface area contributed by atoms with Gasteiger partial charge in [-0.1, -0.05) is 36.4 Å². The average molecular weight is 446 g/mol. The number of nitrogens with zero attached hydrogens (tertiary/aromatic N) is 2. The van der Waals surface area contributed by atoms with Crippen LogP contribution in [0, 0.1) is 11.3 Å². The van der Waals surface area contributed by atoms with Crippen molar-refractivity contribution >= 4 is 11.8 Å². The van der Waals surface area contributed by atoms with Crippen molar-refractivity contribution in [1.82, 2.24) is 15.2 Å². The summed E-state index contributed by atoms with van der Waals surface area (Å²) >= 11 is 0. The standard InChI is InChI=1S/C28H35N3O2/c1-21(2)30-27(33)28(14-7-17-31(20-28)26(32)24-9-4-3-5-10-24)19-22-8-6-11-25(18-22)23-12-15-29-16-13-23/h3-4,6,8,11-13,15-16,18,21,24H,5,7,9-10,14,17,19-20H2,1-2H3,(H,30,33)/t24-,28-/m1/s1. The molecule has 1 saturated heterocycles. The molecule has 0 saturated carbocycles. The van der Waals surface area contributed by atoms with Crippen LogP contribution in [-0.4, -0.2) is 40.8 Å². The number of pyridine rings is 1. The predicted molar refractivity (Wildman–Crippen MR) is 131 cm³/mol. The summed E-state index contributed by atoms with van der Waals surface area (Å²) in [5.41, 5.74) is 2.74. The molecule has 1 aliphatic carbocycles. The minimum Gasteiger partial charge on any atom is -0.353 e. The summed E-state index contributed by atoms with van der Waals surface area (Å²) in [5, 5.41) is 3.16.